The quantitative estimate of drug-likeness (QED) is 0.677. The standard InChI is InChI=1S/C20H19N3O6/c1-11(12-4-6-14(25-2)16(8-12)26-3)21-19(24)18-22-20(29-23-18)13-5-7-15-17(9-13)28-10-27-15/h4-9,11H,10H2,1-3H3,(H,21,24)/t11-/m1/s1. The number of methoxy groups -OCH3 is 2. The van der Waals surface area contributed by atoms with Gasteiger partial charge in [0.15, 0.2) is 23.0 Å². The summed E-state index contributed by atoms with van der Waals surface area (Å²) in [6.07, 6.45) is 0. The third kappa shape index (κ3) is 3.66. The lowest BCUT2D eigenvalue weighted by atomic mass is 10.1. The Morgan fingerprint density at radius 3 is 2.66 bits per heavy atom. The predicted octanol–water partition coefficient (Wildman–Crippen LogP) is 2.97. The van der Waals surface area contributed by atoms with Crippen LogP contribution in [0, 0.1) is 0 Å². The van der Waals surface area contributed by atoms with E-state index in [1.165, 1.54) is 0 Å². The summed E-state index contributed by atoms with van der Waals surface area (Å²) in [5, 5.41) is 6.62. The Morgan fingerprint density at radius 1 is 1.07 bits per heavy atom. The maximum atomic E-state index is 12.5. The molecule has 1 amide bonds. The SMILES string of the molecule is COc1ccc([C@@H](C)NC(=O)c2noc(-c3ccc4c(c3)OCO4)n2)cc1OC. The van der Waals surface area contributed by atoms with Gasteiger partial charge in [-0.05, 0) is 42.8 Å². The van der Waals surface area contributed by atoms with E-state index >= 15 is 0 Å². The van der Waals surface area contributed by atoms with Gasteiger partial charge in [0.2, 0.25) is 6.79 Å². The molecule has 150 valence electrons. The van der Waals surface area contributed by atoms with Gasteiger partial charge in [-0.3, -0.25) is 4.79 Å². The fourth-order valence-electron chi connectivity index (χ4n) is 2.93. The number of fused-ring (bicyclic) bond motifs is 1. The van der Waals surface area contributed by atoms with Crippen LogP contribution in [0.15, 0.2) is 40.9 Å². The Labute approximate surface area is 166 Å². The first-order valence-electron chi connectivity index (χ1n) is 8.85. The summed E-state index contributed by atoms with van der Waals surface area (Å²) in [5.41, 5.74) is 1.48. The predicted molar refractivity (Wildman–Crippen MR) is 101 cm³/mol. The molecule has 0 bridgehead atoms. The molecule has 0 saturated carbocycles. The molecular formula is C20H19N3O6. The monoisotopic (exact) mass is 397 g/mol. The van der Waals surface area contributed by atoms with Crippen molar-refractivity contribution in [1.82, 2.24) is 15.5 Å². The number of nitrogens with one attached hydrogen (secondary N) is 1. The first-order chi connectivity index (χ1) is 14.1. The van der Waals surface area contributed by atoms with Crippen LogP contribution in [0.3, 0.4) is 0 Å². The molecule has 1 aromatic heterocycles. The van der Waals surface area contributed by atoms with Crippen molar-refractivity contribution in [2.24, 2.45) is 0 Å². The normalized spacial score (nSPS) is 13.1. The average Bonchev–Trinajstić information content (AvgIpc) is 3.42. The Kier molecular flexibility index (Phi) is 4.94. The van der Waals surface area contributed by atoms with Crippen LogP contribution in [-0.2, 0) is 0 Å². The number of carbonyl (C=O) groups excluding carboxylic acids is 1. The number of benzene rings is 2. The third-order valence-electron chi connectivity index (χ3n) is 4.50. The zero-order valence-electron chi connectivity index (χ0n) is 16.1. The minimum absolute atomic E-state index is 0.0648. The second kappa shape index (κ2) is 7.70. The van der Waals surface area contributed by atoms with Gasteiger partial charge >= 0.3 is 0 Å². The van der Waals surface area contributed by atoms with E-state index in [0.717, 1.165) is 5.56 Å². The van der Waals surface area contributed by atoms with Crippen molar-refractivity contribution in [3.05, 3.63) is 47.8 Å². The molecule has 1 atom stereocenters. The number of nitrogens with zero attached hydrogens (tertiary/aromatic N) is 2. The van der Waals surface area contributed by atoms with Crippen molar-refractivity contribution in [2.75, 3.05) is 21.0 Å². The molecule has 4 rings (SSSR count). The van der Waals surface area contributed by atoms with Gasteiger partial charge in [-0.25, -0.2) is 0 Å². The molecule has 2 aromatic carbocycles. The Balaban J connectivity index is 1.48. The Morgan fingerprint density at radius 2 is 1.86 bits per heavy atom. The number of amides is 1. The topological polar surface area (TPSA) is 105 Å². The lowest BCUT2D eigenvalue weighted by molar-refractivity contribution is 0.0926. The summed E-state index contributed by atoms with van der Waals surface area (Å²) < 4.78 is 26.4. The van der Waals surface area contributed by atoms with E-state index in [1.54, 1.807) is 44.6 Å². The molecular weight excluding hydrogens is 378 g/mol. The van der Waals surface area contributed by atoms with Crippen LogP contribution in [0.2, 0.25) is 0 Å². The summed E-state index contributed by atoms with van der Waals surface area (Å²) in [5.74, 6) is 2.13. The Bertz CT molecular complexity index is 1050. The van der Waals surface area contributed by atoms with E-state index in [0.29, 0.717) is 28.6 Å². The maximum Gasteiger partial charge on any atom is 0.293 e. The molecule has 1 N–H and O–H groups in total. The molecule has 0 fully saturated rings. The smallest absolute Gasteiger partial charge is 0.293 e. The van der Waals surface area contributed by atoms with E-state index in [1.807, 2.05) is 13.0 Å². The fourth-order valence-corrected chi connectivity index (χ4v) is 2.93. The van der Waals surface area contributed by atoms with Crippen molar-refractivity contribution >= 4 is 5.91 Å². The second-order valence-corrected chi connectivity index (χ2v) is 6.30. The zero-order valence-corrected chi connectivity index (χ0v) is 16.1. The zero-order chi connectivity index (χ0) is 20.4. The molecule has 0 saturated heterocycles. The third-order valence-corrected chi connectivity index (χ3v) is 4.50. The van der Waals surface area contributed by atoms with Gasteiger partial charge in [-0.15, -0.1) is 0 Å². The number of aromatic nitrogens is 2. The molecule has 9 nitrogen and oxygen atoms in total. The molecule has 29 heavy (non-hydrogen) atoms. The van der Waals surface area contributed by atoms with Gasteiger partial charge < -0.3 is 28.8 Å². The summed E-state index contributed by atoms with van der Waals surface area (Å²) in [4.78, 5) is 16.7. The highest BCUT2D eigenvalue weighted by molar-refractivity contribution is 5.91. The number of hydrogen-bond donors (Lipinski definition) is 1. The van der Waals surface area contributed by atoms with Crippen LogP contribution in [0.25, 0.3) is 11.5 Å². The Hall–Kier alpha value is -3.75. The van der Waals surface area contributed by atoms with Gasteiger partial charge in [-0.2, -0.15) is 4.98 Å². The fraction of sp³-hybridized carbons (Fsp3) is 0.250. The van der Waals surface area contributed by atoms with Crippen molar-refractivity contribution in [2.45, 2.75) is 13.0 Å². The molecule has 0 spiro atoms. The minimum Gasteiger partial charge on any atom is -0.493 e. The van der Waals surface area contributed by atoms with E-state index in [-0.39, 0.29) is 24.5 Å². The van der Waals surface area contributed by atoms with Gasteiger partial charge in [-0.1, -0.05) is 11.2 Å². The molecule has 0 aliphatic carbocycles. The highest BCUT2D eigenvalue weighted by Crippen LogP contribution is 2.35. The summed E-state index contributed by atoms with van der Waals surface area (Å²) in [6.45, 7) is 2.02. The van der Waals surface area contributed by atoms with Crippen molar-refractivity contribution < 1.29 is 28.3 Å². The number of ether oxygens (including phenoxy) is 4. The van der Waals surface area contributed by atoms with E-state index < -0.39 is 5.91 Å². The van der Waals surface area contributed by atoms with Gasteiger partial charge in [0.25, 0.3) is 17.6 Å². The molecule has 9 heteroatoms. The average molecular weight is 397 g/mol. The van der Waals surface area contributed by atoms with Crippen molar-refractivity contribution in [1.29, 1.82) is 0 Å². The van der Waals surface area contributed by atoms with Gasteiger partial charge in [0.05, 0.1) is 20.3 Å². The number of rotatable bonds is 6. The van der Waals surface area contributed by atoms with Gasteiger partial charge in [0, 0.05) is 5.56 Å². The molecule has 0 radical (unpaired) electrons. The number of carbonyl (C=O) groups is 1. The molecule has 2 heterocycles. The number of hydrogen-bond acceptors (Lipinski definition) is 8. The lowest BCUT2D eigenvalue weighted by Crippen LogP contribution is -2.27. The van der Waals surface area contributed by atoms with Crippen molar-refractivity contribution in [3.63, 3.8) is 0 Å². The highest BCUT2D eigenvalue weighted by Gasteiger charge is 2.21. The molecule has 1 aliphatic heterocycles. The van der Waals surface area contributed by atoms with Crippen molar-refractivity contribution in [3.8, 4) is 34.5 Å². The van der Waals surface area contributed by atoms with E-state index in [2.05, 4.69) is 15.5 Å². The van der Waals surface area contributed by atoms with Crippen LogP contribution in [-0.4, -0.2) is 37.1 Å². The van der Waals surface area contributed by atoms with Crippen LogP contribution >= 0.6 is 0 Å². The lowest BCUT2D eigenvalue weighted by Gasteiger charge is -2.15. The first kappa shape index (κ1) is 18.6. The van der Waals surface area contributed by atoms with Crippen LogP contribution < -0.4 is 24.3 Å². The van der Waals surface area contributed by atoms with Crippen LogP contribution in [0.5, 0.6) is 23.0 Å². The summed E-state index contributed by atoms with van der Waals surface area (Å²) in [6, 6.07) is 10.4. The minimum atomic E-state index is -0.456. The second-order valence-electron chi connectivity index (χ2n) is 6.30. The highest BCUT2D eigenvalue weighted by atomic mass is 16.7. The molecule has 0 unspecified atom stereocenters. The first-order valence-corrected chi connectivity index (χ1v) is 8.85. The van der Waals surface area contributed by atoms with Crippen LogP contribution in [0.4, 0.5) is 0 Å². The summed E-state index contributed by atoms with van der Waals surface area (Å²) >= 11 is 0. The van der Waals surface area contributed by atoms with Crippen LogP contribution in [0.1, 0.15) is 29.1 Å². The molecule has 3 aromatic rings. The van der Waals surface area contributed by atoms with Gasteiger partial charge in [0.1, 0.15) is 0 Å². The molecule has 1 aliphatic rings. The van der Waals surface area contributed by atoms with E-state index in [9.17, 15) is 4.79 Å². The maximum absolute atomic E-state index is 12.5. The largest absolute Gasteiger partial charge is 0.493 e. The summed E-state index contributed by atoms with van der Waals surface area (Å²) in [7, 11) is 3.12. The van der Waals surface area contributed by atoms with E-state index in [4.69, 9.17) is 23.5 Å².